The lowest BCUT2D eigenvalue weighted by molar-refractivity contribution is 0.0769. The van der Waals surface area contributed by atoms with E-state index in [4.69, 9.17) is 14.0 Å². The second kappa shape index (κ2) is 9.26. The Kier molecular flexibility index (Phi) is 5.82. The second-order valence-electron chi connectivity index (χ2n) is 9.38. The monoisotopic (exact) mass is 474 g/mol. The van der Waals surface area contributed by atoms with Gasteiger partial charge in [0.25, 0.3) is 0 Å². The summed E-state index contributed by atoms with van der Waals surface area (Å²) in [5, 5.41) is 7.55. The minimum atomic E-state index is -0.298. The second-order valence-corrected chi connectivity index (χ2v) is 9.38. The fraction of sp³-hybridized carbons (Fsp3) is 0.407. The van der Waals surface area contributed by atoms with Crippen LogP contribution in [0.25, 0.3) is 0 Å². The van der Waals surface area contributed by atoms with Crippen molar-refractivity contribution < 1.29 is 18.8 Å². The highest BCUT2D eigenvalue weighted by molar-refractivity contribution is 6.01. The highest BCUT2D eigenvalue weighted by Gasteiger charge is 2.39. The van der Waals surface area contributed by atoms with Crippen LogP contribution < -0.4 is 19.7 Å². The summed E-state index contributed by atoms with van der Waals surface area (Å²) in [6, 6.07) is 14.1. The highest BCUT2D eigenvalue weighted by Crippen LogP contribution is 2.40. The van der Waals surface area contributed by atoms with Crippen LogP contribution >= 0.6 is 0 Å². The van der Waals surface area contributed by atoms with E-state index in [9.17, 15) is 4.79 Å². The van der Waals surface area contributed by atoms with Crippen LogP contribution in [-0.4, -0.2) is 67.3 Å². The summed E-state index contributed by atoms with van der Waals surface area (Å²) in [5.41, 5.74) is 4.05. The summed E-state index contributed by atoms with van der Waals surface area (Å²) >= 11 is 0. The van der Waals surface area contributed by atoms with Crippen LogP contribution in [-0.2, 0) is 6.42 Å². The standard InChI is InChI=1S/C27H30N4O4/c1-18-20(17-28-35-18)26(32)25(22-10-9-19-5-2-3-6-21(19)29-22)31-13-11-30(12-14-31)23-7-4-8-24-27(23)34-16-15-33-24/h2-8,17,22,25,29H,9-16H2,1H3. The smallest absolute Gasteiger partial charge is 0.187 e. The number of hydrogen-bond acceptors (Lipinski definition) is 8. The Labute approximate surface area is 204 Å². The third kappa shape index (κ3) is 4.12. The van der Waals surface area contributed by atoms with Gasteiger partial charge in [-0.3, -0.25) is 9.69 Å². The molecule has 0 bridgehead atoms. The van der Waals surface area contributed by atoms with Gasteiger partial charge in [-0.25, -0.2) is 0 Å². The molecule has 0 amide bonds. The first-order valence-electron chi connectivity index (χ1n) is 12.4. The summed E-state index contributed by atoms with van der Waals surface area (Å²) in [7, 11) is 0. The third-order valence-corrected chi connectivity index (χ3v) is 7.34. The molecule has 1 saturated heterocycles. The normalized spacial score (nSPS) is 20.6. The molecule has 4 heterocycles. The number of anilines is 2. The van der Waals surface area contributed by atoms with Crippen LogP contribution in [0.15, 0.2) is 53.2 Å². The first-order chi connectivity index (χ1) is 17.2. The Morgan fingerprint density at radius 1 is 1.06 bits per heavy atom. The topological polar surface area (TPSA) is 80.1 Å². The number of para-hydroxylation sites is 2. The molecule has 8 nitrogen and oxygen atoms in total. The number of fused-ring (bicyclic) bond motifs is 2. The van der Waals surface area contributed by atoms with Crippen molar-refractivity contribution in [1.29, 1.82) is 0 Å². The molecule has 8 heteroatoms. The molecule has 3 aromatic rings. The van der Waals surface area contributed by atoms with Crippen molar-refractivity contribution in [2.75, 3.05) is 49.6 Å². The number of nitrogens with zero attached hydrogens (tertiary/aromatic N) is 3. The summed E-state index contributed by atoms with van der Waals surface area (Å²) in [6.07, 6.45) is 3.41. The van der Waals surface area contributed by atoms with Crippen LogP contribution in [0.3, 0.4) is 0 Å². The zero-order valence-electron chi connectivity index (χ0n) is 19.9. The Bertz CT molecular complexity index is 1220. The number of piperazine rings is 1. The molecule has 0 saturated carbocycles. The molecule has 6 rings (SSSR count). The van der Waals surface area contributed by atoms with Crippen LogP contribution in [0, 0.1) is 6.92 Å². The zero-order valence-corrected chi connectivity index (χ0v) is 19.9. The van der Waals surface area contributed by atoms with E-state index < -0.39 is 0 Å². The summed E-state index contributed by atoms with van der Waals surface area (Å²) < 4.78 is 17.0. The third-order valence-electron chi connectivity index (χ3n) is 7.34. The molecule has 2 unspecified atom stereocenters. The van der Waals surface area contributed by atoms with Gasteiger partial charge in [0.2, 0.25) is 0 Å². The minimum Gasteiger partial charge on any atom is -0.486 e. The number of ketones is 1. The lowest BCUT2D eigenvalue weighted by Crippen LogP contribution is -2.58. The molecular formula is C27H30N4O4. The predicted octanol–water partition coefficient (Wildman–Crippen LogP) is 3.55. The average molecular weight is 475 g/mol. The number of benzene rings is 2. The zero-order chi connectivity index (χ0) is 23.8. The SMILES string of the molecule is Cc1oncc1C(=O)C(C1CCc2ccccc2N1)N1CCN(c2cccc3c2OCCO3)CC1. The highest BCUT2D eigenvalue weighted by atomic mass is 16.6. The van der Waals surface area contributed by atoms with Gasteiger partial charge in [0.1, 0.15) is 19.0 Å². The van der Waals surface area contributed by atoms with E-state index in [1.165, 1.54) is 5.56 Å². The van der Waals surface area contributed by atoms with Crippen LogP contribution in [0.5, 0.6) is 11.5 Å². The van der Waals surface area contributed by atoms with Gasteiger partial charge in [-0.15, -0.1) is 0 Å². The van der Waals surface area contributed by atoms with Crippen molar-refractivity contribution in [1.82, 2.24) is 10.1 Å². The number of aryl methyl sites for hydroxylation is 2. The number of hydrogen-bond donors (Lipinski definition) is 1. The van der Waals surface area contributed by atoms with E-state index in [0.29, 0.717) is 24.5 Å². The van der Waals surface area contributed by atoms with Crippen molar-refractivity contribution in [2.24, 2.45) is 0 Å². The van der Waals surface area contributed by atoms with Crippen LogP contribution in [0.2, 0.25) is 0 Å². The maximum absolute atomic E-state index is 13.8. The molecule has 1 aromatic heterocycles. The maximum atomic E-state index is 13.8. The number of rotatable bonds is 5. The lowest BCUT2D eigenvalue weighted by atomic mass is 9.88. The fourth-order valence-corrected chi connectivity index (χ4v) is 5.54. The number of carbonyl (C=O) groups is 1. The Morgan fingerprint density at radius 2 is 1.89 bits per heavy atom. The van der Waals surface area contributed by atoms with Gasteiger partial charge < -0.3 is 24.2 Å². The average Bonchev–Trinajstić information content (AvgIpc) is 3.34. The van der Waals surface area contributed by atoms with Gasteiger partial charge in [0, 0.05) is 37.9 Å². The summed E-state index contributed by atoms with van der Waals surface area (Å²) in [6.45, 7) is 6.09. The predicted molar refractivity (Wildman–Crippen MR) is 133 cm³/mol. The number of carbonyl (C=O) groups excluding carboxylic acids is 1. The van der Waals surface area contributed by atoms with Crippen LogP contribution in [0.4, 0.5) is 11.4 Å². The molecule has 182 valence electrons. The van der Waals surface area contributed by atoms with Crippen molar-refractivity contribution in [2.45, 2.75) is 31.8 Å². The van der Waals surface area contributed by atoms with Gasteiger partial charge >= 0.3 is 0 Å². The number of ether oxygens (including phenoxy) is 2. The first-order valence-corrected chi connectivity index (χ1v) is 12.4. The molecule has 1 N–H and O–H groups in total. The van der Waals surface area contributed by atoms with Crippen molar-refractivity contribution in [3.8, 4) is 11.5 Å². The molecule has 0 aliphatic carbocycles. The fourth-order valence-electron chi connectivity index (χ4n) is 5.54. The van der Waals surface area contributed by atoms with E-state index in [-0.39, 0.29) is 17.9 Å². The van der Waals surface area contributed by atoms with Gasteiger partial charge in [-0.1, -0.05) is 29.4 Å². The van der Waals surface area contributed by atoms with Crippen molar-refractivity contribution >= 4 is 17.2 Å². The van der Waals surface area contributed by atoms with Gasteiger partial charge in [0.15, 0.2) is 17.3 Å². The molecule has 2 atom stereocenters. The summed E-state index contributed by atoms with van der Waals surface area (Å²) in [5.74, 6) is 2.27. The van der Waals surface area contributed by atoms with Crippen molar-refractivity contribution in [3.05, 3.63) is 65.5 Å². The van der Waals surface area contributed by atoms with E-state index in [1.807, 2.05) is 18.2 Å². The van der Waals surface area contributed by atoms with Gasteiger partial charge in [0.05, 0.1) is 23.5 Å². The molecule has 2 aromatic carbocycles. The molecule has 0 spiro atoms. The van der Waals surface area contributed by atoms with E-state index in [2.05, 4.69) is 44.5 Å². The first kappa shape index (κ1) is 22.0. The van der Waals surface area contributed by atoms with E-state index in [0.717, 1.165) is 61.9 Å². The van der Waals surface area contributed by atoms with Crippen molar-refractivity contribution in [3.63, 3.8) is 0 Å². The molecule has 0 radical (unpaired) electrons. The van der Waals surface area contributed by atoms with Gasteiger partial charge in [-0.2, -0.15) is 0 Å². The quantitative estimate of drug-likeness (QED) is 0.563. The van der Waals surface area contributed by atoms with E-state index in [1.54, 1.807) is 13.1 Å². The largest absolute Gasteiger partial charge is 0.486 e. The molecular weight excluding hydrogens is 444 g/mol. The lowest BCUT2D eigenvalue weighted by Gasteiger charge is -2.44. The Morgan fingerprint density at radius 3 is 2.71 bits per heavy atom. The Hall–Kier alpha value is -3.52. The number of nitrogens with one attached hydrogen (secondary N) is 1. The molecule has 3 aliphatic rings. The number of aromatic nitrogens is 1. The minimum absolute atomic E-state index is 0.0134. The number of Topliss-reactive ketones (excluding diaryl/α,β-unsaturated/α-hetero) is 1. The Balaban J connectivity index is 1.24. The molecule has 1 fully saturated rings. The van der Waals surface area contributed by atoms with E-state index >= 15 is 0 Å². The molecule has 35 heavy (non-hydrogen) atoms. The van der Waals surface area contributed by atoms with Crippen LogP contribution in [0.1, 0.15) is 28.1 Å². The molecule has 3 aliphatic heterocycles. The van der Waals surface area contributed by atoms with Gasteiger partial charge in [-0.05, 0) is 43.5 Å². The maximum Gasteiger partial charge on any atom is 0.187 e. The summed E-state index contributed by atoms with van der Waals surface area (Å²) in [4.78, 5) is 18.5.